The van der Waals surface area contributed by atoms with Crippen molar-refractivity contribution >= 4 is 11.8 Å². The fourth-order valence-electron chi connectivity index (χ4n) is 0.921. The van der Waals surface area contributed by atoms with E-state index in [9.17, 15) is 0 Å². The van der Waals surface area contributed by atoms with Crippen LogP contribution in [0.4, 0.5) is 0 Å². The summed E-state index contributed by atoms with van der Waals surface area (Å²) >= 11 is 2.01. The van der Waals surface area contributed by atoms with Crippen LogP contribution < -0.4 is 10.6 Å². The summed E-state index contributed by atoms with van der Waals surface area (Å²) in [5.41, 5.74) is 0.266. The van der Waals surface area contributed by atoms with E-state index in [-0.39, 0.29) is 5.54 Å². The Bertz CT molecular complexity index is 110. The topological polar surface area (TPSA) is 24.1 Å². The summed E-state index contributed by atoms with van der Waals surface area (Å²) < 4.78 is 0. The van der Waals surface area contributed by atoms with Gasteiger partial charge < -0.3 is 10.6 Å². The normalized spacial score (nSPS) is 12.0. The molecule has 80 valence electrons. The number of hydrogen-bond acceptors (Lipinski definition) is 3. The Morgan fingerprint density at radius 1 is 1.08 bits per heavy atom. The van der Waals surface area contributed by atoms with Crippen molar-refractivity contribution < 1.29 is 0 Å². The van der Waals surface area contributed by atoms with E-state index in [1.807, 2.05) is 11.8 Å². The Hall–Kier alpha value is 0.270. The van der Waals surface area contributed by atoms with Gasteiger partial charge in [-0.3, -0.25) is 0 Å². The maximum Gasteiger partial charge on any atom is 0.00968 e. The van der Waals surface area contributed by atoms with Crippen LogP contribution in [0.1, 0.15) is 27.7 Å². The SMILES string of the molecule is CCNCCSCCNC(C)(C)C. The van der Waals surface area contributed by atoms with Gasteiger partial charge in [0.05, 0.1) is 0 Å². The molecule has 3 heteroatoms. The highest BCUT2D eigenvalue weighted by Crippen LogP contribution is 2.00. The summed E-state index contributed by atoms with van der Waals surface area (Å²) in [6.45, 7) is 12.1. The lowest BCUT2D eigenvalue weighted by Crippen LogP contribution is -2.37. The molecule has 0 radical (unpaired) electrons. The highest BCUT2D eigenvalue weighted by atomic mass is 32.2. The molecule has 0 rings (SSSR count). The second-order valence-corrected chi connectivity index (χ2v) is 5.37. The molecule has 2 N–H and O–H groups in total. The monoisotopic (exact) mass is 204 g/mol. The van der Waals surface area contributed by atoms with E-state index < -0.39 is 0 Å². The molecule has 0 fully saturated rings. The zero-order chi connectivity index (χ0) is 10.2. The third-order valence-electron chi connectivity index (χ3n) is 1.57. The molecular weight excluding hydrogens is 180 g/mol. The zero-order valence-electron chi connectivity index (χ0n) is 9.44. The second kappa shape index (κ2) is 7.65. The Balaban J connectivity index is 3.00. The van der Waals surface area contributed by atoms with Crippen molar-refractivity contribution in [2.45, 2.75) is 33.2 Å². The van der Waals surface area contributed by atoms with E-state index >= 15 is 0 Å². The molecule has 0 spiro atoms. The first-order valence-electron chi connectivity index (χ1n) is 5.10. The van der Waals surface area contributed by atoms with Gasteiger partial charge >= 0.3 is 0 Å². The van der Waals surface area contributed by atoms with Gasteiger partial charge in [-0.25, -0.2) is 0 Å². The molecule has 0 heterocycles. The molecule has 2 nitrogen and oxygen atoms in total. The van der Waals surface area contributed by atoms with Gasteiger partial charge in [-0.05, 0) is 27.3 Å². The Labute approximate surface area is 87.2 Å². The summed E-state index contributed by atoms with van der Waals surface area (Å²) in [6.07, 6.45) is 0. The maximum atomic E-state index is 3.47. The van der Waals surface area contributed by atoms with Crippen LogP contribution in [0.3, 0.4) is 0 Å². The van der Waals surface area contributed by atoms with E-state index in [1.165, 1.54) is 11.5 Å². The predicted molar refractivity (Wildman–Crippen MR) is 63.6 cm³/mol. The first kappa shape index (κ1) is 13.3. The molecule has 0 saturated heterocycles. The number of hydrogen-bond donors (Lipinski definition) is 2. The van der Waals surface area contributed by atoms with Gasteiger partial charge in [0, 0.05) is 30.1 Å². The molecular formula is C10H24N2S. The largest absolute Gasteiger partial charge is 0.316 e. The van der Waals surface area contributed by atoms with Gasteiger partial charge in [-0.1, -0.05) is 6.92 Å². The molecule has 0 aromatic carbocycles. The standard InChI is InChI=1S/C10H24N2S/c1-5-11-6-8-13-9-7-12-10(2,3)4/h11-12H,5-9H2,1-4H3. The van der Waals surface area contributed by atoms with Gasteiger partial charge in [0.1, 0.15) is 0 Å². The van der Waals surface area contributed by atoms with E-state index in [0.717, 1.165) is 19.6 Å². The molecule has 0 saturated carbocycles. The molecule has 0 unspecified atom stereocenters. The summed E-state index contributed by atoms with van der Waals surface area (Å²) in [5.74, 6) is 2.43. The maximum absolute atomic E-state index is 3.47. The van der Waals surface area contributed by atoms with E-state index in [1.54, 1.807) is 0 Å². The predicted octanol–water partition coefficient (Wildman–Crippen LogP) is 1.72. The van der Waals surface area contributed by atoms with Crippen LogP contribution in [0.25, 0.3) is 0 Å². The number of thioether (sulfide) groups is 1. The van der Waals surface area contributed by atoms with Gasteiger partial charge in [-0.2, -0.15) is 11.8 Å². The second-order valence-electron chi connectivity index (χ2n) is 4.14. The van der Waals surface area contributed by atoms with Crippen LogP contribution in [-0.2, 0) is 0 Å². The van der Waals surface area contributed by atoms with Crippen LogP contribution in [0, 0.1) is 0 Å². The molecule has 13 heavy (non-hydrogen) atoms. The third kappa shape index (κ3) is 12.3. The molecule has 0 atom stereocenters. The van der Waals surface area contributed by atoms with Gasteiger partial charge in [0.25, 0.3) is 0 Å². The van der Waals surface area contributed by atoms with Gasteiger partial charge in [0.2, 0.25) is 0 Å². The Kier molecular flexibility index (Phi) is 7.81. The van der Waals surface area contributed by atoms with Crippen molar-refractivity contribution in [2.75, 3.05) is 31.1 Å². The average molecular weight is 204 g/mol. The van der Waals surface area contributed by atoms with Crippen LogP contribution in [0.15, 0.2) is 0 Å². The van der Waals surface area contributed by atoms with E-state index in [4.69, 9.17) is 0 Å². The number of nitrogens with one attached hydrogen (secondary N) is 2. The Morgan fingerprint density at radius 3 is 2.23 bits per heavy atom. The van der Waals surface area contributed by atoms with Crippen molar-refractivity contribution in [1.82, 2.24) is 10.6 Å². The van der Waals surface area contributed by atoms with Crippen LogP contribution in [0.5, 0.6) is 0 Å². The lowest BCUT2D eigenvalue weighted by molar-refractivity contribution is 0.441. The molecule has 0 aromatic rings. The fourth-order valence-corrected chi connectivity index (χ4v) is 1.66. The molecule has 0 aromatic heterocycles. The van der Waals surface area contributed by atoms with Crippen LogP contribution >= 0.6 is 11.8 Å². The summed E-state index contributed by atoms with van der Waals surface area (Å²) in [4.78, 5) is 0. The molecule has 0 bridgehead atoms. The lowest BCUT2D eigenvalue weighted by Gasteiger charge is -2.20. The third-order valence-corrected chi connectivity index (χ3v) is 2.56. The minimum Gasteiger partial charge on any atom is -0.316 e. The van der Waals surface area contributed by atoms with Crippen LogP contribution in [0.2, 0.25) is 0 Å². The first-order valence-corrected chi connectivity index (χ1v) is 6.25. The van der Waals surface area contributed by atoms with E-state index in [0.29, 0.717) is 0 Å². The molecule has 0 aliphatic carbocycles. The summed E-state index contributed by atoms with van der Waals surface area (Å²) in [6, 6.07) is 0. The number of rotatable bonds is 7. The Morgan fingerprint density at radius 2 is 1.69 bits per heavy atom. The van der Waals surface area contributed by atoms with Gasteiger partial charge in [-0.15, -0.1) is 0 Å². The molecule has 0 aliphatic heterocycles. The van der Waals surface area contributed by atoms with Crippen molar-refractivity contribution in [3.63, 3.8) is 0 Å². The quantitative estimate of drug-likeness (QED) is 0.618. The summed E-state index contributed by atoms with van der Waals surface area (Å²) in [5, 5.41) is 6.79. The fraction of sp³-hybridized carbons (Fsp3) is 1.00. The average Bonchev–Trinajstić information content (AvgIpc) is 2.01. The molecule has 0 aliphatic rings. The van der Waals surface area contributed by atoms with Crippen LogP contribution in [-0.4, -0.2) is 36.7 Å². The van der Waals surface area contributed by atoms with Crippen molar-refractivity contribution in [2.24, 2.45) is 0 Å². The smallest absolute Gasteiger partial charge is 0.00968 e. The highest BCUT2D eigenvalue weighted by molar-refractivity contribution is 7.99. The minimum atomic E-state index is 0.266. The van der Waals surface area contributed by atoms with E-state index in [2.05, 4.69) is 38.3 Å². The minimum absolute atomic E-state index is 0.266. The summed E-state index contributed by atoms with van der Waals surface area (Å²) in [7, 11) is 0. The first-order chi connectivity index (χ1) is 6.06. The molecule has 0 amide bonds. The van der Waals surface area contributed by atoms with Crippen molar-refractivity contribution in [3.05, 3.63) is 0 Å². The van der Waals surface area contributed by atoms with Gasteiger partial charge in [0.15, 0.2) is 0 Å². The zero-order valence-corrected chi connectivity index (χ0v) is 10.3. The van der Waals surface area contributed by atoms with Crippen molar-refractivity contribution in [1.29, 1.82) is 0 Å². The lowest BCUT2D eigenvalue weighted by atomic mass is 10.1. The van der Waals surface area contributed by atoms with Crippen molar-refractivity contribution in [3.8, 4) is 0 Å². The highest BCUT2D eigenvalue weighted by Gasteiger charge is 2.06.